The third kappa shape index (κ3) is 2.59. The monoisotopic (exact) mass is 277 g/mol. The highest BCUT2D eigenvalue weighted by atomic mass is 16.5. The van der Waals surface area contributed by atoms with Gasteiger partial charge in [0.2, 0.25) is 5.89 Å². The van der Waals surface area contributed by atoms with E-state index in [1.165, 1.54) is 0 Å². The normalized spacial score (nSPS) is 21.4. The summed E-state index contributed by atoms with van der Waals surface area (Å²) in [5, 5.41) is 7.71. The molecule has 2 aromatic rings. The van der Waals surface area contributed by atoms with Crippen molar-refractivity contribution in [1.82, 2.24) is 25.1 Å². The Morgan fingerprint density at radius 2 is 2.15 bits per heavy atom. The summed E-state index contributed by atoms with van der Waals surface area (Å²) in [6, 6.07) is 0.144. The Morgan fingerprint density at radius 3 is 2.80 bits per heavy atom. The van der Waals surface area contributed by atoms with Gasteiger partial charge in [0.05, 0.1) is 6.20 Å². The molecule has 2 aromatic heterocycles. The number of hydrogen-bond acceptors (Lipinski definition) is 7. The Balaban J connectivity index is 1.71. The van der Waals surface area contributed by atoms with E-state index in [-0.39, 0.29) is 6.04 Å². The lowest BCUT2D eigenvalue weighted by molar-refractivity contribution is 0.0712. The van der Waals surface area contributed by atoms with Gasteiger partial charge in [-0.3, -0.25) is 9.80 Å². The van der Waals surface area contributed by atoms with Gasteiger partial charge in [-0.1, -0.05) is 10.3 Å². The Bertz CT molecular complexity index is 579. The maximum atomic E-state index is 5.32. The molecule has 1 saturated heterocycles. The molecule has 1 aliphatic heterocycles. The fourth-order valence-electron chi connectivity index (χ4n) is 2.50. The molecule has 7 nitrogen and oxygen atoms in total. The number of likely N-dealkylation sites (N-methyl/N-ethyl adjacent to an activating group) is 1. The molecule has 1 fully saturated rings. The van der Waals surface area contributed by atoms with Crippen LogP contribution in [-0.4, -0.2) is 51.8 Å². The molecule has 0 radical (unpaired) electrons. The second-order valence-electron chi connectivity index (χ2n) is 5.32. The van der Waals surface area contributed by atoms with Gasteiger partial charge < -0.3 is 9.05 Å². The van der Waals surface area contributed by atoms with Crippen LogP contribution < -0.4 is 0 Å². The first-order valence-electron chi connectivity index (χ1n) is 6.76. The molecule has 0 amide bonds. The number of rotatable bonds is 3. The zero-order valence-electron chi connectivity index (χ0n) is 12.0. The summed E-state index contributed by atoms with van der Waals surface area (Å²) in [5.41, 5.74) is 1.13. The van der Waals surface area contributed by atoms with Crippen molar-refractivity contribution in [3.05, 3.63) is 29.2 Å². The van der Waals surface area contributed by atoms with E-state index >= 15 is 0 Å². The van der Waals surface area contributed by atoms with E-state index in [4.69, 9.17) is 9.05 Å². The summed E-state index contributed by atoms with van der Waals surface area (Å²) >= 11 is 0. The first-order valence-corrected chi connectivity index (χ1v) is 6.76. The summed E-state index contributed by atoms with van der Waals surface area (Å²) < 4.78 is 10.4. The zero-order valence-corrected chi connectivity index (χ0v) is 12.0. The predicted molar refractivity (Wildman–Crippen MR) is 70.9 cm³/mol. The molecule has 0 unspecified atom stereocenters. The molecular formula is C13H19N5O2. The van der Waals surface area contributed by atoms with Crippen molar-refractivity contribution in [3.63, 3.8) is 0 Å². The minimum Gasteiger partial charge on any atom is -0.361 e. The molecule has 0 saturated carbocycles. The molecule has 1 atom stereocenters. The fraction of sp³-hybridized carbons (Fsp3) is 0.615. The van der Waals surface area contributed by atoms with Crippen LogP contribution >= 0.6 is 0 Å². The number of aryl methyl sites for hydroxylation is 2. The van der Waals surface area contributed by atoms with Crippen LogP contribution in [0.2, 0.25) is 0 Å². The van der Waals surface area contributed by atoms with E-state index in [1.807, 2.05) is 13.8 Å². The Hall–Kier alpha value is -1.73. The molecule has 0 spiro atoms. The van der Waals surface area contributed by atoms with E-state index in [1.54, 1.807) is 6.20 Å². The highest BCUT2D eigenvalue weighted by molar-refractivity contribution is 5.11. The van der Waals surface area contributed by atoms with Gasteiger partial charge in [-0.15, -0.1) is 0 Å². The minimum absolute atomic E-state index is 0.144. The van der Waals surface area contributed by atoms with Crippen LogP contribution in [-0.2, 0) is 6.54 Å². The minimum atomic E-state index is 0.144. The van der Waals surface area contributed by atoms with Crippen molar-refractivity contribution in [3.8, 4) is 0 Å². The summed E-state index contributed by atoms with van der Waals surface area (Å²) in [5.74, 6) is 2.26. The maximum Gasteiger partial charge on any atom is 0.245 e. The quantitative estimate of drug-likeness (QED) is 0.833. The van der Waals surface area contributed by atoms with Crippen molar-refractivity contribution < 1.29 is 9.05 Å². The van der Waals surface area contributed by atoms with Crippen LogP contribution in [0.15, 0.2) is 15.2 Å². The third-order valence-electron chi connectivity index (χ3n) is 3.80. The molecule has 108 valence electrons. The van der Waals surface area contributed by atoms with Crippen molar-refractivity contribution >= 4 is 0 Å². The molecule has 0 aromatic carbocycles. The number of piperazine rings is 1. The van der Waals surface area contributed by atoms with Gasteiger partial charge in [-0.05, 0) is 20.9 Å². The van der Waals surface area contributed by atoms with Gasteiger partial charge in [0.1, 0.15) is 11.8 Å². The van der Waals surface area contributed by atoms with Gasteiger partial charge in [0.15, 0.2) is 5.82 Å². The number of hydrogen-bond donors (Lipinski definition) is 0. The van der Waals surface area contributed by atoms with Crippen molar-refractivity contribution in [2.45, 2.75) is 26.4 Å². The number of aromatic nitrogens is 3. The van der Waals surface area contributed by atoms with Crippen LogP contribution in [0.5, 0.6) is 0 Å². The van der Waals surface area contributed by atoms with Crippen LogP contribution in [0.3, 0.4) is 0 Å². The van der Waals surface area contributed by atoms with Crippen LogP contribution in [0.1, 0.15) is 29.1 Å². The molecule has 0 N–H and O–H groups in total. The second-order valence-corrected chi connectivity index (χ2v) is 5.32. The van der Waals surface area contributed by atoms with Gasteiger partial charge in [-0.2, -0.15) is 4.98 Å². The second kappa shape index (κ2) is 5.34. The lowest BCUT2D eigenvalue weighted by Crippen LogP contribution is -2.46. The van der Waals surface area contributed by atoms with Gasteiger partial charge >= 0.3 is 0 Å². The Labute approximate surface area is 117 Å². The highest BCUT2D eigenvalue weighted by Gasteiger charge is 2.30. The van der Waals surface area contributed by atoms with Crippen LogP contribution in [0.4, 0.5) is 0 Å². The smallest absolute Gasteiger partial charge is 0.245 e. The van der Waals surface area contributed by atoms with E-state index < -0.39 is 0 Å². The fourth-order valence-corrected chi connectivity index (χ4v) is 2.50. The lowest BCUT2D eigenvalue weighted by Gasteiger charge is -2.37. The summed E-state index contributed by atoms with van der Waals surface area (Å²) in [6.07, 6.45) is 1.79. The molecule has 1 aliphatic rings. The molecule has 0 aliphatic carbocycles. The first-order chi connectivity index (χ1) is 9.63. The zero-order chi connectivity index (χ0) is 14.1. The SMILES string of the molecule is Cc1noc([C@H]2CN(Cc3cnoc3C)CCN2C)n1. The van der Waals surface area contributed by atoms with Crippen LogP contribution in [0, 0.1) is 13.8 Å². The summed E-state index contributed by atoms with van der Waals surface area (Å²) in [7, 11) is 2.09. The van der Waals surface area contributed by atoms with Gasteiger partial charge in [0.25, 0.3) is 0 Å². The number of nitrogens with zero attached hydrogens (tertiary/aromatic N) is 5. The first kappa shape index (κ1) is 13.3. The van der Waals surface area contributed by atoms with E-state index in [9.17, 15) is 0 Å². The molecule has 3 heterocycles. The molecule has 20 heavy (non-hydrogen) atoms. The highest BCUT2D eigenvalue weighted by Crippen LogP contribution is 2.24. The average molecular weight is 277 g/mol. The topological polar surface area (TPSA) is 71.4 Å². The van der Waals surface area contributed by atoms with Crippen molar-refractivity contribution in [1.29, 1.82) is 0 Å². The molecular weight excluding hydrogens is 258 g/mol. The van der Waals surface area contributed by atoms with Crippen LogP contribution in [0.25, 0.3) is 0 Å². The van der Waals surface area contributed by atoms with E-state index in [0.717, 1.165) is 37.5 Å². The van der Waals surface area contributed by atoms with Crippen molar-refractivity contribution in [2.75, 3.05) is 26.7 Å². The molecule has 3 rings (SSSR count). The largest absolute Gasteiger partial charge is 0.361 e. The van der Waals surface area contributed by atoms with Gasteiger partial charge in [0, 0.05) is 31.7 Å². The van der Waals surface area contributed by atoms with Gasteiger partial charge in [-0.25, -0.2) is 0 Å². The van der Waals surface area contributed by atoms with E-state index in [0.29, 0.717) is 11.7 Å². The third-order valence-corrected chi connectivity index (χ3v) is 3.80. The predicted octanol–water partition coefficient (Wildman–Crippen LogP) is 1.16. The standard InChI is InChI=1S/C13H19N5O2/c1-9-11(6-14-19-9)7-18-5-4-17(3)12(8-18)13-15-10(2)16-20-13/h6,12H,4-5,7-8H2,1-3H3/t12-/m1/s1. The Kier molecular flexibility index (Phi) is 3.54. The molecule has 0 bridgehead atoms. The molecule has 7 heteroatoms. The van der Waals surface area contributed by atoms with Crippen molar-refractivity contribution in [2.24, 2.45) is 0 Å². The maximum absolute atomic E-state index is 5.32. The Morgan fingerprint density at radius 1 is 1.30 bits per heavy atom. The summed E-state index contributed by atoms with van der Waals surface area (Å²) in [6.45, 7) is 7.46. The average Bonchev–Trinajstić information content (AvgIpc) is 3.02. The van der Waals surface area contributed by atoms with E-state index in [2.05, 4.69) is 32.1 Å². The summed E-state index contributed by atoms with van der Waals surface area (Å²) in [4.78, 5) is 8.98. The lowest BCUT2D eigenvalue weighted by atomic mass is 10.1.